The highest BCUT2D eigenvalue weighted by Gasteiger charge is 2.60. The van der Waals surface area contributed by atoms with E-state index >= 15 is 0 Å². The van der Waals surface area contributed by atoms with Crippen LogP contribution in [0, 0.1) is 24.2 Å². The Hall–Kier alpha value is -2.70. The summed E-state index contributed by atoms with van der Waals surface area (Å²) in [7, 11) is 0. The van der Waals surface area contributed by atoms with Crippen LogP contribution in [0.2, 0.25) is 5.02 Å². The zero-order valence-corrected chi connectivity index (χ0v) is 20.3. The van der Waals surface area contributed by atoms with Gasteiger partial charge in [0, 0.05) is 5.56 Å². The number of nitrogens with one attached hydrogen (secondary N) is 2. The number of carbonyl (C=O) groups excluding carboxylic acids is 2. The van der Waals surface area contributed by atoms with Crippen molar-refractivity contribution in [2.75, 3.05) is 10.6 Å². The third-order valence-corrected chi connectivity index (χ3v) is 7.30. The van der Waals surface area contributed by atoms with Gasteiger partial charge in [0.05, 0.1) is 26.8 Å². The van der Waals surface area contributed by atoms with Gasteiger partial charge in [-0.1, -0.05) is 60.6 Å². The maximum atomic E-state index is 12.9. The Balaban J connectivity index is 1.50. The average Bonchev–Trinajstić information content (AvgIpc) is 3.04. The number of hydrogen-bond acceptors (Lipinski definition) is 4. The number of aryl methyl sites for hydroxylation is 1. The SMILES string of the molecule is CC(C)=CC1C(C(=O)Nc2nc3ccc(C(=O)Nc4c(C)cccc4Cl)cc3s2)C1(C)C. The van der Waals surface area contributed by atoms with Gasteiger partial charge in [0.25, 0.3) is 5.91 Å². The largest absolute Gasteiger partial charge is 0.320 e. The molecule has 2 unspecified atom stereocenters. The molecule has 5 nitrogen and oxygen atoms in total. The Morgan fingerprint density at radius 2 is 1.91 bits per heavy atom. The monoisotopic (exact) mass is 467 g/mol. The van der Waals surface area contributed by atoms with Crippen molar-refractivity contribution in [3.05, 3.63) is 64.2 Å². The topological polar surface area (TPSA) is 71.1 Å². The predicted octanol–water partition coefficient (Wildman–Crippen LogP) is 6.69. The Kier molecular flexibility index (Phi) is 5.86. The molecule has 1 aromatic heterocycles. The van der Waals surface area contributed by atoms with E-state index in [9.17, 15) is 9.59 Å². The van der Waals surface area contributed by atoms with Gasteiger partial charge in [-0.15, -0.1) is 0 Å². The number of fused-ring (bicyclic) bond motifs is 1. The van der Waals surface area contributed by atoms with Crippen molar-refractivity contribution in [3.8, 4) is 0 Å². The molecule has 32 heavy (non-hydrogen) atoms. The first-order chi connectivity index (χ1) is 15.1. The molecule has 1 heterocycles. The molecule has 2 N–H and O–H groups in total. The number of halogens is 1. The number of amides is 2. The van der Waals surface area contributed by atoms with Gasteiger partial charge in [-0.25, -0.2) is 4.98 Å². The van der Waals surface area contributed by atoms with Gasteiger partial charge in [-0.2, -0.15) is 0 Å². The Labute approximate surface area is 196 Å². The number of allylic oxidation sites excluding steroid dienone is 2. The van der Waals surface area contributed by atoms with Crippen LogP contribution in [0.25, 0.3) is 10.2 Å². The fourth-order valence-electron chi connectivity index (χ4n) is 4.13. The minimum atomic E-state index is -0.244. The second-order valence-electron chi connectivity index (χ2n) is 9.15. The number of rotatable bonds is 5. The Bertz CT molecular complexity index is 1240. The highest BCUT2D eigenvalue weighted by atomic mass is 35.5. The van der Waals surface area contributed by atoms with Crippen molar-refractivity contribution in [2.45, 2.75) is 34.6 Å². The highest BCUT2D eigenvalue weighted by molar-refractivity contribution is 7.22. The van der Waals surface area contributed by atoms with Crippen molar-refractivity contribution in [2.24, 2.45) is 17.3 Å². The zero-order chi connectivity index (χ0) is 23.2. The van der Waals surface area contributed by atoms with Gasteiger partial charge in [0.15, 0.2) is 5.13 Å². The molecule has 1 saturated carbocycles. The van der Waals surface area contributed by atoms with Crippen LogP contribution in [0.15, 0.2) is 48.0 Å². The lowest BCUT2D eigenvalue weighted by Gasteiger charge is -2.10. The summed E-state index contributed by atoms with van der Waals surface area (Å²) >= 11 is 7.60. The molecular weight excluding hydrogens is 442 g/mol. The second-order valence-corrected chi connectivity index (χ2v) is 10.6. The van der Waals surface area contributed by atoms with E-state index in [1.54, 1.807) is 24.3 Å². The number of benzene rings is 2. The molecule has 3 aromatic rings. The summed E-state index contributed by atoms with van der Waals surface area (Å²) in [5, 5.41) is 6.91. The van der Waals surface area contributed by atoms with Crippen LogP contribution in [0.1, 0.15) is 43.6 Å². The molecular formula is C25H26ClN3O2S. The molecule has 1 aliphatic rings. The molecule has 2 atom stereocenters. The standard InChI is InChI=1S/C25H26ClN3O2S/c1-13(2)11-16-20(25(16,4)5)23(31)29-24-27-18-10-9-15(12-19(18)32-24)22(30)28-21-14(3)7-6-8-17(21)26/h6-12,16,20H,1-5H3,(H,28,30)(H,27,29,31). The molecule has 2 aromatic carbocycles. The lowest BCUT2D eigenvalue weighted by atomic mass is 10.1. The maximum Gasteiger partial charge on any atom is 0.255 e. The van der Waals surface area contributed by atoms with E-state index in [0.717, 1.165) is 15.8 Å². The highest BCUT2D eigenvalue weighted by Crippen LogP contribution is 2.59. The second kappa shape index (κ2) is 8.34. The van der Waals surface area contributed by atoms with Crippen LogP contribution in [-0.4, -0.2) is 16.8 Å². The van der Waals surface area contributed by atoms with Crippen molar-refractivity contribution < 1.29 is 9.59 Å². The first kappa shape index (κ1) is 22.5. The third kappa shape index (κ3) is 4.30. The first-order valence-corrected chi connectivity index (χ1v) is 11.7. The number of aromatic nitrogens is 1. The average molecular weight is 468 g/mol. The summed E-state index contributed by atoms with van der Waals surface area (Å²) in [4.78, 5) is 30.2. The molecule has 0 aliphatic heterocycles. The van der Waals surface area contributed by atoms with Crippen LogP contribution >= 0.6 is 22.9 Å². The minimum Gasteiger partial charge on any atom is -0.320 e. The number of para-hydroxylation sites is 1. The molecule has 2 amide bonds. The number of anilines is 2. The first-order valence-electron chi connectivity index (χ1n) is 10.5. The van der Waals surface area contributed by atoms with E-state index < -0.39 is 0 Å². The van der Waals surface area contributed by atoms with E-state index in [1.165, 1.54) is 16.9 Å². The van der Waals surface area contributed by atoms with Crippen LogP contribution in [0.4, 0.5) is 10.8 Å². The quantitative estimate of drug-likeness (QED) is 0.411. The Morgan fingerprint density at radius 3 is 2.59 bits per heavy atom. The third-order valence-electron chi connectivity index (χ3n) is 6.05. The summed E-state index contributed by atoms with van der Waals surface area (Å²) in [6, 6.07) is 10.8. The van der Waals surface area contributed by atoms with E-state index in [1.807, 2.05) is 19.1 Å². The summed E-state index contributed by atoms with van der Waals surface area (Å²) in [5.74, 6) is -0.0786. The molecule has 166 valence electrons. The molecule has 0 radical (unpaired) electrons. The number of hydrogen-bond donors (Lipinski definition) is 2. The number of thiazole rings is 1. The number of nitrogens with zero attached hydrogens (tertiary/aromatic N) is 1. The van der Waals surface area contributed by atoms with Crippen molar-refractivity contribution in [3.63, 3.8) is 0 Å². The summed E-state index contributed by atoms with van der Waals surface area (Å²) in [6.07, 6.45) is 2.17. The summed E-state index contributed by atoms with van der Waals surface area (Å²) in [5.41, 5.74) is 3.91. The van der Waals surface area contributed by atoms with Crippen LogP contribution in [-0.2, 0) is 4.79 Å². The number of carbonyl (C=O) groups is 2. The summed E-state index contributed by atoms with van der Waals surface area (Å²) < 4.78 is 0.833. The minimum absolute atomic E-state index is 0.0104. The summed E-state index contributed by atoms with van der Waals surface area (Å²) in [6.45, 7) is 10.2. The van der Waals surface area contributed by atoms with E-state index in [4.69, 9.17) is 11.6 Å². The van der Waals surface area contributed by atoms with Gasteiger partial charge in [0.2, 0.25) is 5.91 Å². The van der Waals surface area contributed by atoms with Crippen molar-refractivity contribution >= 4 is 55.8 Å². The normalized spacial score (nSPS) is 18.8. The van der Waals surface area contributed by atoms with E-state index in [-0.39, 0.29) is 29.1 Å². The molecule has 0 spiro atoms. The predicted molar refractivity (Wildman–Crippen MR) is 133 cm³/mol. The molecule has 0 bridgehead atoms. The van der Waals surface area contributed by atoms with Gasteiger partial charge >= 0.3 is 0 Å². The fraction of sp³-hybridized carbons (Fsp3) is 0.320. The van der Waals surface area contributed by atoms with Crippen molar-refractivity contribution in [1.29, 1.82) is 0 Å². The smallest absolute Gasteiger partial charge is 0.255 e. The molecule has 1 aliphatic carbocycles. The van der Waals surface area contributed by atoms with Crippen LogP contribution in [0.3, 0.4) is 0 Å². The zero-order valence-electron chi connectivity index (χ0n) is 18.7. The van der Waals surface area contributed by atoms with Gasteiger partial charge in [0.1, 0.15) is 0 Å². The lowest BCUT2D eigenvalue weighted by molar-refractivity contribution is -0.118. The van der Waals surface area contributed by atoms with Gasteiger partial charge in [-0.05, 0) is 61.9 Å². The van der Waals surface area contributed by atoms with E-state index in [2.05, 4.69) is 49.4 Å². The Morgan fingerprint density at radius 1 is 1.16 bits per heavy atom. The van der Waals surface area contributed by atoms with Crippen LogP contribution in [0.5, 0.6) is 0 Å². The fourth-order valence-corrected chi connectivity index (χ4v) is 5.30. The van der Waals surface area contributed by atoms with Gasteiger partial charge < -0.3 is 10.6 Å². The van der Waals surface area contributed by atoms with Gasteiger partial charge in [-0.3, -0.25) is 9.59 Å². The maximum absolute atomic E-state index is 12.9. The molecule has 4 rings (SSSR count). The lowest BCUT2D eigenvalue weighted by Crippen LogP contribution is -2.16. The van der Waals surface area contributed by atoms with Crippen LogP contribution < -0.4 is 10.6 Å². The molecule has 0 saturated heterocycles. The molecule has 7 heteroatoms. The van der Waals surface area contributed by atoms with E-state index in [0.29, 0.717) is 21.4 Å². The van der Waals surface area contributed by atoms with Crippen molar-refractivity contribution in [1.82, 2.24) is 4.98 Å². The molecule has 1 fully saturated rings.